The molecule has 0 fully saturated rings. The van der Waals surface area contributed by atoms with Gasteiger partial charge < -0.3 is 10.1 Å². The predicted octanol–water partition coefficient (Wildman–Crippen LogP) is 5.58. The van der Waals surface area contributed by atoms with E-state index in [9.17, 15) is 9.59 Å². The second kappa shape index (κ2) is 8.99. The number of ether oxygens (including phenoxy) is 1. The lowest BCUT2D eigenvalue weighted by Gasteiger charge is -2.14. The van der Waals surface area contributed by atoms with Crippen LogP contribution in [0.2, 0.25) is 0 Å². The highest BCUT2D eigenvalue weighted by molar-refractivity contribution is 7.15. The molecule has 4 nitrogen and oxygen atoms in total. The van der Waals surface area contributed by atoms with Crippen LogP contribution in [0.5, 0.6) is 0 Å². The molecule has 0 aliphatic heterocycles. The van der Waals surface area contributed by atoms with Crippen LogP contribution in [-0.2, 0) is 9.53 Å². The summed E-state index contributed by atoms with van der Waals surface area (Å²) in [6, 6.07) is 6.13. The third-order valence-corrected chi connectivity index (χ3v) is 5.43. The molecule has 0 atom stereocenters. The zero-order chi connectivity index (χ0) is 19.3. The van der Waals surface area contributed by atoms with E-state index in [2.05, 4.69) is 11.4 Å². The molecule has 5 heteroatoms. The number of carbonyl (C=O) groups excluding carboxylic acids is 2. The van der Waals surface area contributed by atoms with Gasteiger partial charge in [0.1, 0.15) is 10.6 Å². The number of amides is 1. The molecule has 0 unspecified atom stereocenters. The van der Waals surface area contributed by atoms with Crippen LogP contribution < -0.4 is 5.32 Å². The highest BCUT2D eigenvalue weighted by atomic mass is 32.1. The minimum absolute atomic E-state index is 0.0467. The highest BCUT2D eigenvalue weighted by Gasteiger charge is 2.25. The van der Waals surface area contributed by atoms with Crippen LogP contribution in [0, 0.1) is 19.8 Å². The van der Waals surface area contributed by atoms with Gasteiger partial charge in [-0.25, -0.2) is 4.79 Å². The van der Waals surface area contributed by atoms with E-state index in [1.165, 1.54) is 16.9 Å². The molecule has 0 bridgehead atoms. The summed E-state index contributed by atoms with van der Waals surface area (Å²) in [6.45, 7) is 10.1. The molecule has 1 aromatic heterocycles. The maximum atomic E-state index is 12.6. The summed E-state index contributed by atoms with van der Waals surface area (Å²) in [5, 5.41) is 5.44. The molecule has 1 amide bonds. The van der Waals surface area contributed by atoms with Crippen molar-refractivity contribution in [1.82, 2.24) is 0 Å². The quantitative estimate of drug-likeness (QED) is 0.644. The first-order chi connectivity index (χ1) is 12.4. The van der Waals surface area contributed by atoms with Gasteiger partial charge >= 0.3 is 5.97 Å². The summed E-state index contributed by atoms with van der Waals surface area (Å²) < 4.78 is 5.26. The lowest BCUT2D eigenvalue weighted by atomic mass is 9.97. The number of nitrogens with one attached hydrogen (secondary N) is 1. The minimum atomic E-state index is -0.399. The number of rotatable bonds is 7. The summed E-state index contributed by atoms with van der Waals surface area (Å²) >= 11 is 1.37. The molecule has 0 saturated carbocycles. The average Bonchev–Trinajstić information content (AvgIpc) is 2.99. The largest absolute Gasteiger partial charge is 0.462 e. The Balaban J connectivity index is 2.48. The van der Waals surface area contributed by atoms with Crippen LogP contribution in [0.4, 0.5) is 5.00 Å². The molecule has 0 aliphatic carbocycles. The number of aryl methyl sites for hydroxylation is 2. The Kier molecular flexibility index (Phi) is 6.98. The molecule has 1 aromatic carbocycles. The van der Waals surface area contributed by atoms with Gasteiger partial charge in [-0.3, -0.25) is 4.79 Å². The second-order valence-electron chi connectivity index (χ2n) is 6.40. The normalized spacial score (nSPS) is 10.8. The summed E-state index contributed by atoms with van der Waals surface area (Å²) in [5.41, 5.74) is 4.50. The van der Waals surface area contributed by atoms with Gasteiger partial charge in [-0.15, -0.1) is 11.3 Å². The van der Waals surface area contributed by atoms with Crippen LogP contribution in [0.3, 0.4) is 0 Å². The van der Waals surface area contributed by atoms with Gasteiger partial charge in [0.25, 0.3) is 0 Å². The molecule has 0 radical (unpaired) electrons. The van der Waals surface area contributed by atoms with Crippen LogP contribution >= 0.6 is 11.3 Å². The van der Waals surface area contributed by atoms with Gasteiger partial charge in [-0.2, -0.15) is 0 Å². The zero-order valence-corrected chi connectivity index (χ0v) is 17.0. The minimum Gasteiger partial charge on any atom is -0.462 e. The van der Waals surface area contributed by atoms with Crippen molar-refractivity contribution >= 4 is 28.2 Å². The fourth-order valence-electron chi connectivity index (χ4n) is 3.04. The SMILES string of the molecule is CCOC(=O)c1c(-c2ccc(C)cc2C)csc1NC(=O)C(CC)CC. The van der Waals surface area contributed by atoms with Crippen molar-refractivity contribution in [1.29, 1.82) is 0 Å². The summed E-state index contributed by atoms with van der Waals surface area (Å²) in [4.78, 5) is 25.1. The summed E-state index contributed by atoms with van der Waals surface area (Å²) in [6.07, 6.45) is 1.54. The lowest BCUT2D eigenvalue weighted by Crippen LogP contribution is -2.22. The summed E-state index contributed by atoms with van der Waals surface area (Å²) in [7, 11) is 0. The molecular formula is C21H27NO3S. The van der Waals surface area contributed by atoms with Gasteiger partial charge in [0.2, 0.25) is 5.91 Å². The van der Waals surface area contributed by atoms with E-state index < -0.39 is 5.97 Å². The number of hydrogen-bond acceptors (Lipinski definition) is 4. The van der Waals surface area contributed by atoms with E-state index in [1.807, 2.05) is 45.2 Å². The predicted molar refractivity (Wildman–Crippen MR) is 108 cm³/mol. The molecule has 0 aliphatic rings. The number of thiophene rings is 1. The molecule has 26 heavy (non-hydrogen) atoms. The maximum Gasteiger partial charge on any atom is 0.341 e. The third kappa shape index (κ3) is 4.33. The van der Waals surface area contributed by atoms with E-state index in [1.54, 1.807) is 6.92 Å². The Morgan fingerprint density at radius 1 is 1.12 bits per heavy atom. The van der Waals surface area contributed by atoms with E-state index in [0.29, 0.717) is 17.2 Å². The number of hydrogen-bond donors (Lipinski definition) is 1. The first-order valence-corrected chi connectivity index (χ1v) is 9.97. The Hall–Kier alpha value is -2.14. The van der Waals surface area contributed by atoms with Crippen LogP contribution in [0.15, 0.2) is 23.6 Å². The Morgan fingerprint density at radius 3 is 2.38 bits per heavy atom. The number of carbonyl (C=O) groups is 2. The average molecular weight is 374 g/mol. The monoisotopic (exact) mass is 373 g/mol. The number of anilines is 1. The Bertz CT molecular complexity index is 791. The van der Waals surface area contributed by atoms with Gasteiger partial charge in [-0.05, 0) is 44.7 Å². The molecular weight excluding hydrogens is 346 g/mol. The van der Waals surface area contributed by atoms with Crippen molar-refractivity contribution in [2.45, 2.75) is 47.5 Å². The zero-order valence-electron chi connectivity index (χ0n) is 16.1. The fraction of sp³-hybridized carbons (Fsp3) is 0.429. The van der Waals surface area contributed by atoms with Crippen LogP contribution in [0.1, 0.15) is 55.1 Å². The van der Waals surface area contributed by atoms with Crippen molar-refractivity contribution < 1.29 is 14.3 Å². The number of benzene rings is 1. The Morgan fingerprint density at radius 2 is 1.81 bits per heavy atom. The molecule has 140 valence electrons. The van der Waals surface area contributed by atoms with Crippen LogP contribution in [-0.4, -0.2) is 18.5 Å². The molecule has 0 spiro atoms. The van der Waals surface area contributed by atoms with Crippen molar-refractivity contribution in [3.05, 3.63) is 40.3 Å². The van der Waals surface area contributed by atoms with Crippen molar-refractivity contribution in [3.8, 4) is 11.1 Å². The summed E-state index contributed by atoms with van der Waals surface area (Å²) in [5.74, 6) is -0.505. The van der Waals surface area contributed by atoms with Gasteiger partial charge in [0.05, 0.1) is 6.61 Å². The van der Waals surface area contributed by atoms with Gasteiger partial charge in [-0.1, -0.05) is 37.6 Å². The van der Waals surface area contributed by atoms with Crippen molar-refractivity contribution in [3.63, 3.8) is 0 Å². The van der Waals surface area contributed by atoms with Gasteiger partial charge in [0.15, 0.2) is 0 Å². The van der Waals surface area contributed by atoms with E-state index in [-0.39, 0.29) is 11.8 Å². The molecule has 2 rings (SSSR count). The van der Waals surface area contributed by atoms with E-state index in [4.69, 9.17) is 4.74 Å². The molecule has 1 N–H and O–H groups in total. The first-order valence-electron chi connectivity index (χ1n) is 9.09. The van der Waals surface area contributed by atoms with E-state index in [0.717, 1.165) is 29.5 Å². The molecule has 1 heterocycles. The fourth-order valence-corrected chi connectivity index (χ4v) is 3.99. The number of esters is 1. The molecule has 2 aromatic rings. The molecule has 0 saturated heterocycles. The van der Waals surface area contributed by atoms with Crippen LogP contribution in [0.25, 0.3) is 11.1 Å². The maximum absolute atomic E-state index is 12.6. The standard InChI is InChI=1S/C21H27NO3S/c1-6-15(7-2)19(23)22-20-18(21(24)25-8-3)17(12-26-20)16-10-9-13(4)11-14(16)5/h9-12,15H,6-8H2,1-5H3,(H,22,23). The van der Waals surface area contributed by atoms with Gasteiger partial charge in [0, 0.05) is 16.9 Å². The Labute approximate surface area is 159 Å². The second-order valence-corrected chi connectivity index (χ2v) is 7.27. The van der Waals surface area contributed by atoms with E-state index >= 15 is 0 Å². The van der Waals surface area contributed by atoms with Crippen molar-refractivity contribution in [2.75, 3.05) is 11.9 Å². The third-order valence-electron chi connectivity index (χ3n) is 4.54. The first kappa shape index (κ1) is 20.2. The smallest absolute Gasteiger partial charge is 0.341 e. The lowest BCUT2D eigenvalue weighted by molar-refractivity contribution is -0.120. The van der Waals surface area contributed by atoms with Crippen molar-refractivity contribution in [2.24, 2.45) is 5.92 Å². The topological polar surface area (TPSA) is 55.4 Å². The highest BCUT2D eigenvalue weighted by Crippen LogP contribution is 2.38.